The second-order valence-electron chi connectivity index (χ2n) is 42.6. The first-order valence-electron chi connectivity index (χ1n) is 55.6. The van der Waals surface area contributed by atoms with Gasteiger partial charge in [0.15, 0.2) is 9.84 Å². The third-order valence-corrected chi connectivity index (χ3v) is 33.4. The number of fused-ring (bicyclic) bond motifs is 5. The molecule has 22 rings (SSSR count). The highest BCUT2D eigenvalue weighted by molar-refractivity contribution is 7.99. The van der Waals surface area contributed by atoms with Gasteiger partial charge in [-0.1, -0.05) is 98.9 Å². The number of sulfone groups is 1. The molecule has 0 spiro atoms. The number of hydrogen-bond acceptors (Lipinski definition) is 28. The molecule has 0 bridgehead atoms. The predicted molar refractivity (Wildman–Crippen MR) is 617 cm³/mol. The number of piperidine rings is 2. The van der Waals surface area contributed by atoms with Crippen molar-refractivity contribution in [3.8, 4) is 0 Å². The van der Waals surface area contributed by atoms with Crippen molar-refractivity contribution in [1.82, 2.24) is 104 Å². The molecular weight excluding hydrogens is 1840 g/mol. The summed E-state index contributed by atoms with van der Waals surface area (Å²) in [7, 11) is 36.1. The highest BCUT2D eigenvalue weighted by Gasteiger charge is 2.31. The number of likely N-dealkylation sites (N-methyl/N-ethyl adjacent to an activating group) is 9. The Morgan fingerprint density at radius 2 is 0.738 bits per heavy atom. The van der Waals surface area contributed by atoms with Gasteiger partial charge in [0.1, 0.15) is 0 Å². The zero-order valence-corrected chi connectivity index (χ0v) is 97.2. The largest absolute Gasteiger partial charge is 0.380 e. The van der Waals surface area contributed by atoms with Crippen LogP contribution in [0.25, 0.3) is 10.9 Å². The lowest BCUT2D eigenvalue weighted by Gasteiger charge is -2.42. The Morgan fingerprint density at radius 3 is 1.22 bits per heavy atom. The van der Waals surface area contributed by atoms with Gasteiger partial charge in [-0.3, -0.25) is 14.7 Å². The summed E-state index contributed by atoms with van der Waals surface area (Å²) in [5, 5.41) is 8.02. The van der Waals surface area contributed by atoms with Gasteiger partial charge in [-0.25, -0.2) is 8.42 Å². The number of ether oxygens (including phenoxy) is 3. The number of benzene rings is 2. The standard InChI is InChI=1S/C12H14N2.C10H19N.C10H13N.C7H15N.C6H14N2.C6H13NO.C6H13NS.C6H13N.C6H11N.C5H12N2.C5H11NO2S.C5H11NO.C5H11NS.C5H11N.C5H9N.C4H9NO.C4H9NS.C4H9N/c1-14-7-6-10-9-4-2-3-5-11(9)13-12(10)8-14;1-11-8-4-6-9-5-2-3-7-10(9)11;1-11-7-6-9-4-2-3-5-10(9)8-11;1-8-6-4-2-3-5-7-8;1-8-5-2-3-7-4-6-8;2*1-7-3-2-5-8-6-4-7;2*1-7-5-3-2-4-6-7;1-7-4-2-6-3-5-7;1-6-2-4-9(7,8)5-3-6;2*1-6-2-4-7-5-3-6;2*1-6-4-2-3-5-6;2*1-5-2-3-6-4-5;1-5-3-2-4-5/h2-5,13H,6-8H2,1H3;9-10H,2-8H2,1H3;2-5H,6-8H2,1H3;2-7H2,1H3;7H,2-6H2,1H3;2*2-6H2,1H3;2-6H2,1H3;2-3H,4-6H2,1H3;6H,2-5H2,1H3;2-5H2,1H3;2*2-5H2,1H3;2-5H2,1H3;2-3H,4-5H2,1H3;2*2-4H2,1H3;2-4H2,1H3. The number of morpholine rings is 1. The minimum absolute atomic E-state index is 0.337. The molecule has 3 N–H and O–H groups in total. The van der Waals surface area contributed by atoms with E-state index in [9.17, 15) is 8.42 Å². The summed E-state index contributed by atoms with van der Waals surface area (Å²) in [5.74, 6) is 9.65. The van der Waals surface area contributed by atoms with Gasteiger partial charge in [0.25, 0.3) is 0 Å². The Hall–Kier alpha value is -2.46. The lowest BCUT2D eigenvalue weighted by molar-refractivity contribution is 0.0503. The average molecular weight is 2050 g/mol. The molecule has 2 unspecified atom stereocenters. The van der Waals surface area contributed by atoms with Crippen LogP contribution in [0.15, 0.2) is 72.8 Å². The predicted octanol–water partition coefficient (Wildman–Crippen LogP) is 12.4. The van der Waals surface area contributed by atoms with Gasteiger partial charge in [-0.05, 0) is 349 Å². The van der Waals surface area contributed by atoms with Crippen LogP contribution in [0.3, 0.4) is 0 Å². The van der Waals surface area contributed by atoms with E-state index in [0.717, 1.165) is 130 Å². The van der Waals surface area contributed by atoms with Crippen molar-refractivity contribution >= 4 is 56.0 Å². The highest BCUT2D eigenvalue weighted by Crippen LogP contribution is 2.34. The maximum absolute atomic E-state index is 10.8. The molecule has 19 heterocycles. The van der Waals surface area contributed by atoms with Crippen molar-refractivity contribution < 1.29 is 22.6 Å². The molecular formula is C111H217N21O5S4. The van der Waals surface area contributed by atoms with E-state index in [1.807, 2.05) is 30.8 Å². The molecule has 1 aliphatic carbocycles. The number of para-hydroxylation sites is 1. The maximum atomic E-state index is 10.8. The molecule has 3 aromatic rings. The van der Waals surface area contributed by atoms with Crippen molar-refractivity contribution in [3.63, 3.8) is 0 Å². The third-order valence-electron chi connectivity index (χ3n) is 28.7. The second-order valence-corrected chi connectivity index (χ2v) is 48.4. The molecule has 15 fully saturated rings. The smallest absolute Gasteiger partial charge is 0.152 e. The first kappa shape index (κ1) is 129. The summed E-state index contributed by atoms with van der Waals surface area (Å²) >= 11 is 6.14. The molecule has 141 heavy (non-hydrogen) atoms. The van der Waals surface area contributed by atoms with Gasteiger partial charge >= 0.3 is 0 Å². The number of aromatic nitrogens is 1. The lowest BCUT2D eigenvalue weighted by Crippen LogP contribution is -2.44. The topological polar surface area (TPSA) is 160 Å². The molecule has 18 aliphatic heterocycles. The fourth-order valence-corrected chi connectivity index (χ4v) is 22.9. The first-order chi connectivity index (χ1) is 68.2. The molecule has 14 saturated heterocycles. The van der Waals surface area contributed by atoms with E-state index in [4.69, 9.17) is 14.2 Å². The Labute approximate surface area is 879 Å². The Morgan fingerprint density at radius 1 is 0.305 bits per heavy atom. The minimum atomic E-state index is -2.66. The van der Waals surface area contributed by atoms with Crippen LogP contribution in [-0.2, 0) is 50.0 Å². The number of H-pyrrole nitrogens is 1. The van der Waals surface area contributed by atoms with E-state index in [1.165, 1.54) is 360 Å². The van der Waals surface area contributed by atoms with Crippen LogP contribution in [0.4, 0.5) is 0 Å². The molecule has 1 aromatic heterocycles. The van der Waals surface area contributed by atoms with Gasteiger partial charge in [-0.2, -0.15) is 23.5 Å². The Bertz CT molecular complexity index is 3340. The summed E-state index contributed by atoms with van der Waals surface area (Å²) in [6.45, 7) is 49.5. The number of thioether (sulfide) groups is 3. The number of hydrogen-bond donors (Lipinski definition) is 3. The van der Waals surface area contributed by atoms with Gasteiger partial charge in [0.05, 0.1) is 44.7 Å². The second kappa shape index (κ2) is 83.2. The van der Waals surface area contributed by atoms with Crippen LogP contribution >= 0.6 is 35.3 Å². The van der Waals surface area contributed by atoms with E-state index in [-0.39, 0.29) is 0 Å². The van der Waals surface area contributed by atoms with Crippen molar-refractivity contribution in [1.29, 1.82) is 0 Å². The summed E-state index contributed by atoms with van der Waals surface area (Å²) in [6, 6.07) is 18.3. The number of nitrogens with one attached hydrogen (secondary N) is 3. The Kier molecular flexibility index (Phi) is 76.1. The quantitative estimate of drug-likeness (QED) is 0.182. The van der Waals surface area contributed by atoms with E-state index in [2.05, 4.69) is 308 Å². The van der Waals surface area contributed by atoms with Gasteiger partial charge in [-0.15, -0.1) is 11.8 Å². The molecule has 820 valence electrons. The van der Waals surface area contributed by atoms with E-state index < -0.39 is 9.84 Å². The molecule has 0 amide bonds. The fraction of sp³-hybridized carbons (Fsp3) is 0.838. The summed E-state index contributed by atoms with van der Waals surface area (Å²) < 4.78 is 36.8. The number of piperazine rings is 1. The fourth-order valence-electron chi connectivity index (χ4n) is 18.4. The van der Waals surface area contributed by atoms with Gasteiger partial charge in [0.2, 0.25) is 0 Å². The molecule has 26 nitrogen and oxygen atoms in total. The van der Waals surface area contributed by atoms with Gasteiger partial charge < -0.3 is 103 Å². The van der Waals surface area contributed by atoms with Crippen LogP contribution in [0.2, 0.25) is 0 Å². The summed E-state index contributed by atoms with van der Waals surface area (Å²) in [6.07, 6.45) is 39.4. The van der Waals surface area contributed by atoms with Crippen LogP contribution < -0.4 is 10.6 Å². The summed E-state index contributed by atoms with van der Waals surface area (Å²) in [5.41, 5.74) is 7.25. The van der Waals surface area contributed by atoms with Crippen LogP contribution in [0.5, 0.6) is 0 Å². The van der Waals surface area contributed by atoms with Crippen molar-refractivity contribution in [2.24, 2.45) is 5.92 Å². The van der Waals surface area contributed by atoms with Crippen LogP contribution in [-0.4, -0.2) is 549 Å². The normalized spacial score (nSPS) is 25.0. The lowest BCUT2D eigenvalue weighted by atomic mass is 9.79. The minimum Gasteiger partial charge on any atom is -0.380 e. The van der Waals surface area contributed by atoms with E-state index in [1.54, 1.807) is 0 Å². The Balaban J connectivity index is 0.000000265. The maximum Gasteiger partial charge on any atom is 0.152 e. The molecule has 1 saturated carbocycles. The molecule has 19 aliphatic rings. The number of nitrogens with zero attached hydrogens (tertiary/aromatic N) is 18. The van der Waals surface area contributed by atoms with Crippen LogP contribution in [0.1, 0.15) is 151 Å². The van der Waals surface area contributed by atoms with Crippen molar-refractivity contribution in [3.05, 3.63) is 95.2 Å². The SMILES string of the molecule is CN1CC=CC1.CN1CC=CCC1.CN1CCC1.CN1CCCC1.CN1CCCC2CCCCC21.CN1CCCCC1.CN1CCCCCC1.CN1CCCNCC1.CN1CCCOCC1.CN1CCCSCC1.CN1CCNCC1.CN1CCOC1.CN1CCOCC1.CN1CCS(=O)(=O)CC1.CN1CCSC1.CN1CCSCC1.CN1CCc2c([nH]c3ccccc23)C1.CN1CCc2ccccc2C1. The zero-order valence-electron chi connectivity index (χ0n) is 93.9. The zero-order chi connectivity index (χ0) is 102. The highest BCUT2D eigenvalue weighted by atomic mass is 32.2. The first-order valence-corrected chi connectivity index (χ1v) is 60.9. The van der Waals surface area contributed by atoms with E-state index >= 15 is 0 Å². The van der Waals surface area contributed by atoms with Gasteiger partial charge in [0, 0.05) is 222 Å². The molecule has 30 heteroatoms. The van der Waals surface area contributed by atoms with Crippen molar-refractivity contribution in [2.75, 3.05) is 442 Å². The number of rotatable bonds is 0. The average Bonchev–Trinajstić information content (AvgIpc) is 1.64. The molecule has 0 radical (unpaired) electrons. The van der Waals surface area contributed by atoms with E-state index in [0.29, 0.717) is 24.6 Å². The van der Waals surface area contributed by atoms with Crippen molar-refractivity contribution in [2.45, 2.75) is 160 Å². The monoisotopic (exact) mass is 2050 g/mol. The summed E-state index contributed by atoms with van der Waals surface area (Å²) in [4.78, 5) is 45.4. The third kappa shape index (κ3) is 68.2. The molecule has 2 atom stereocenters. The van der Waals surface area contributed by atoms with Crippen LogP contribution in [0, 0.1) is 5.92 Å². The number of likely N-dealkylation sites (tertiary alicyclic amines) is 5. The number of aromatic amines is 1. The molecule has 2 aromatic carbocycles.